The molecule has 0 amide bonds. The molecule has 0 aromatic heterocycles. The quantitative estimate of drug-likeness (QED) is 0.0270. The zero-order valence-corrected chi connectivity index (χ0v) is 35.1. The second kappa shape index (κ2) is 40.4. The molecule has 0 aliphatic carbocycles. The van der Waals surface area contributed by atoms with E-state index in [0.29, 0.717) is 6.42 Å². The van der Waals surface area contributed by atoms with Crippen LogP contribution in [0.15, 0.2) is 60.8 Å². The molecule has 0 rings (SSSR count). The summed E-state index contributed by atoms with van der Waals surface area (Å²) in [6, 6.07) is 0. The van der Waals surface area contributed by atoms with E-state index in [9.17, 15) is 19.0 Å². The van der Waals surface area contributed by atoms with Crippen molar-refractivity contribution in [3.05, 3.63) is 60.8 Å². The fourth-order valence-electron chi connectivity index (χ4n) is 5.50. The minimum absolute atomic E-state index is 0.0465. The fraction of sp³-hybridized carbons (Fsp3) is 0.727. The third-order valence-electron chi connectivity index (χ3n) is 8.64. The molecular weight excluding hydrogens is 701 g/mol. The lowest BCUT2D eigenvalue weighted by atomic mass is 10.1. The Kier molecular flexibility index (Phi) is 38.7. The van der Waals surface area contributed by atoms with Crippen molar-refractivity contribution in [2.75, 3.05) is 26.4 Å². The number of phosphoric ester groups is 1. The van der Waals surface area contributed by atoms with Crippen molar-refractivity contribution in [1.82, 2.24) is 0 Å². The highest BCUT2D eigenvalue weighted by Crippen LogP contribution is 2.43. The summed E-state index contributed by atoms with van der Waals surface area (Å²) in [5.74, 6) is -0.861. The van der Waals surface area contributed by atoms with Crippen LogP contribution in [0.25, 0.3) is 0 Å². The average molecular weight is 780 g/mol. The number of phosphoric acid groups is 1. The van der Waals surface area contributed by atoms with Crippen molar-refractivity contribution in [3.63, 3.8) is 0 Å². The number of ether oxygens (including phenoxy) is 2. The number of carbonyl (C=O) groups excluding carboxylic acids is 2. The molecule has 3 N–H and O–H groups in total. The Bertz CT molecular complexity index is 1070. The molecule has 0 aromatic carbocycles. The van der Waals surface area contributed by atoms with Crippen LogP contribution in [0.4, 0.5) is 0 Å². The van der Waals surface area contributed by atoms with Gasteiger partial charge in [-0.25, -0.2) is 4.57 Å². The SMILES string of the molecule is CC/C=C\C/C=C\C/C=C\CCCCCCCC(=O)OC(COC(=O)CCCCCCCCC/C=C\C/C=C\CCCCCC)COP(=O)(O)OCCN. The van der Waals surface area contributed by atoms with E-state index in [1.165, 1.54) is 51.4 Å². The van der Waals surface area contributed by atoms with Gasteiger partial charge in [0.05, 0.1) is 13.2 Å². The fourth-order valence-corrected chi connectivity index (χ4v) is 6.27. The molecule has 0 aromatic rings. The Morgan fingerprint density at radius 2 is 1.02 bits per heavy atom. The number of nitrogens with two attached hydrogens (primary N) is 1. The van der Waals surface area contributed by atoms with Crippen molar-refractivity contribution >= 4 is 19.8 Å². The molecule has 2 atom stereocenters. The first kappa shape index (κ1) is 51.7. The first-order chi connectivity index (χ1) is 26.3. The van der Waals surface area contributed by atoms with Gasteiger partial charge in [0.1, 0.15) is 6.61 Å². The van der Waals surface area contributed by atoms with Crippen molar-refractivity contribution in [2.45, 2.75) is 180 Å². The number of rotatable bonds is 39. The topological polar surface area (TPSA) is 134 Å². The van der Waals surface area contributed by atoms with Gasteiger partial charge in [0, 0.05) is 19.4 Å². The molecule has 54 heavy (non-hydrogen) atoms. The van der Waals surface area contributed by atoms with E-state index in [0.717, 1.165) is 89.9 Å². The summed E-state index contributed by atoms with van der Waals surface area (Å²) < 4.78 is 32.7. The second-order valence-corrected chi connectivity index (χ2v) is 15.3. The number of hydrogen-bond donors (Lipinski definition) is 2. The maximum atomic E-state index is 12.6. The third kappa shape index (κ3) is 39.4. The van der Waals surface area contributed by atoms with Crippen molar-refractivity contribution in [1.29, 1.82) is 0 Å². The zero-order chi connectivity index (χ0) is 39.6. The summed E-state index contributed by atoms with van der Waals surface area (Å²) in [7, 11) is -4.38. The van der Waals surface area contributed by atoms with Gasteiger partial charge in [-0.05, 0) is 77.0 Å². The highest BCUT2D eigenvalue weighted by molar-refractivity contribution is 7.47. The summed E-state index contributed by atoms with van der Waals surface area (Å²) in [5.41, 5.74) is 5.34. The minimum atomic E-state index is -4.38. The molecule has 0 saturated heterocycles. The highest BCUT2D eigenvalue weighted by Gasteiger charge is 2.26. The Balaban J connectivity index is 4.20. The largest absolute Gasteiger partial charge is 0.472 e. The van der Waals surface area contributed by atoms with E-state index in [4.69, 9.17) is 24.3 Å². The normalized spacial score (nSPS) is 13.9. The molecule has 9 nitrogen and oxygen atoms in total. The van der Waals surface area contributed by atoms with Crippen LogP contribution in [0.5, 0.6) is 0 Å². The summed E-state index contributed by atoms with van der Waals surface area (Å²) in [4.78, 5) is 34.8. The molecule has 0 bridgehead atoms. The van der Waals surface area contributed by atoms with Crippen LogP contribution >= 0.6 is 7.82 Å². The second-order valence-electron chi connectivity index (χ2n) is 13.8. The zero-order valence-electron chi connectivity index (χ0n) is 34.2. The molecule has 0 saturated carbocycles. The van der Waals surface area contributed by atoms with Crippen molar-refractivity contribution in [3.8, 4) is 0 Å². The molecular formula is C44H78NO8P. The summed E-state index contributed by atoms with van der Waals surface area (Å²) in [5, 5.41) is 0. The summed E-state index contributed by atoms with van der Waals surface area (Å²) >= 11 is 0. The number of allylic oxidation sites excluding steroid dienone is 10. The molecule has 2 unspecified atom stereocenters. The number of hydrogen-bond acceptors (Lipinski definition) is 8. The van der Waals surface area contributed by atoms with Crippen LogP contribution < -0.4 is 5.73 Å². The van der Waals surface area contributed by atoms with E-state index in [2.05, 4.69) is 74.6 Å². The summed E-state index contributed by atoms with van der Waals surface area (Å²) in [6.07, 6.45) is 46.7. The Labute approximate surface area is 329 Å². The van der Waals surface area contributed by atoms with E-state index in [1.54, 1.807) is 0 Å². The highest BCUT2D eigenvalue weighted by atomic mass is 31.2. The number of esters is 2. The van der Waals surface area contributed by atoms with Gasteiger partial charge in [0.2, 0.25) is 0 Å². The van der Waals surface area contributed by atoms with Gasteiger partial charge in [-0.15, -0.1) is 0 Å². The van der Waals surface area contributed by atoms with E-state index in [1.807, 2.05) is 0 Å². The smallest absolute Gasteiger partial charge is 0.462 e. The Morgan fingerprint density at radius 3 is 1.52 bits per heavy atom. The maximum absolute atomic E-state index is 12.6. The molecule has 0 radical (unpaired) electrons. The lowest BCUT2D eigenvalue weighted by molar-refractivity contribution is -0.161. The van der Waals surface area contributed by atoms with Gasteiger partial charge in [-0.2, -0.15) is 0 Å². The number of carbonyl (C=O) groups is 2. The molecule has 0 fully saturated rings. The van der Waals surface area contributed by atoms with Gasteiger partial charge >= 0.3 is 19.8 Å². The van der Waals surface area contributed by atoms with Crippen LogP contribution in [-0.2, 0) is 32.7 Å². The van der Waals surface area contributed by atoms with Crippen LogP contribution in [-0.4, -0.2) is 49.3 Å². The molecule has 10 heteroatoms. The molecule has 0 spiro atoms. The molecule has 0 aliphatic rings. The lowest BCUT2D eigenvalue weighted by Gasteiger charge is -2.19. The van der Waals surface area contributed by atoms with E-state index in [-0.39, 0.29) is 32.6 Å². The van der Waals surface area contributed by atoms with E-state index >= 15 is 0 Å². The van der Waals surface area contributed by atoms with Crippen LogP contribution in [0.1, 0.15) is 174 Å². The standard InChI is InChI=1S/C44H78NO8P/c1-3-5-7-9-11-13-15-17-19-20-21-23-24-26-28-30-32-34-36-43(46)50-40-42(41-52-54(48,49)51-39-38-45)53-44(47)37-35-33-31-29-27-25-22-18-16-14-12-10-8-6-4-2/h6,8,12-15,18-20,22,42H,3-5,7,9-11,16-17,21,23-41,45H2,1-2H3,(H,48,49)/b8-6-,14-12-,15-13-,20-19-,22-18-. The number of unbranched alkanes of at least 4 members (excludes halogenated alkanes) is 16. The van der Waals surface area contributed by atoms with Gasteiger partial charge in [-0.3, -0.25) is 18.6 Å². The predicted octanol–water partition coefficient (Wildman–Crippen LogP) is 12.1. The predicted molar refractivity (Wildman–Crippen MR) is 224 cm³/mol. The van der Waals surface area contributed by atoms with Gasteiger partial charge in [0.25, 0.3) is 0 Å². The van der Waals surface area contributed by atoms with Crippen LogP contribution in [0, 0.1) is 0 Å². The van der Waals surface area contributed by atoms with Crippen LogP contribution in [0.3, 0.4) is 0 Å². The first-order valence-corrected chi connectivity index (χ1v) is 22.8. The molecule has 0 heterocycles. The average Bonchev–Trinajstić information content (AvgIpc) is 3.16. The first-order valence-electron chi connectivity index (χ1n) is 21.3. The third-order valence-corrected chi connectivity index (χ3v) is 9.62. The van der Waals surface area contributed by atoms with Crippen molar-refractivity contribution < 1.29 is 37.6 Å². The van der Waals surface area contributed by atoms with Gasteiger partial charge in [0.15, 0.2) is 6.10 Å². The van der Waals surface area contributed by atoms with Crippen molar-refractivity contribution in [2.24, 2.45) is 5.73 Å². The maximum Gasteiger partial charge on any atom is 0.472 e. The molecule has 0 aliphatic heterocycles. The Morgan fingerprint density at radius 1 is 0.574 bits per heavy atom. The van der Waals surface area contributed by atoms with Crippen LogP contribution in [0.2, 0.25) is 0 Å². The minimum Gasteiger partial charge on any atom is -0.462 e. The van der Waals surface area contributed by atoms with E-state index < -0.39 is 32.5 Å². The van der Waals surface area contributed by atoms with Gasteiger partial charge in [-0.1, -0.05) is 145 Å². The summed E-state index contributed by atoms with van der Waals surface area (Å²) in [6.45, 7) is 3.56. The van der Waals surface area contributed by atoms with Gasteiger partial charge < -0.3 is 20.1 Å². The molecule has 312 valence electrons. The Hall–Kier alpha value is -2.29. The lowest BCUT2D eigenvalue weighted by Crippen LogP contribution is -2.29. The monoisotopic (exact) mass is 780 g/mol.